The molecule has 0 aliphatic carbocycles. The molecule has 0 aromatic heterocycles. The fraction of sp³-hybridized carbons (Fsp3) is 0.462. The predicted octanol–water partition coefficient (Wildman–Crippen LogP) is 1.76. The molecule has 2 rings (SSSR count). The molecular formula is C13H15F3N2O3. The van der Waals surface area contributed by atoms with Gasteiger partial charge in [-0.05, 0) is 25.0 Å². The molecule has 1 fully saturated rings. The molecule has 1 aliphatic heterocycles. The van der Waals surface area contributed by atoms with E-state index in [0.29, 0.717) is 25.9 Å². The Morgan fingerprint density at radius 3 is 2.48 bits per heavy atom. The van der Waals surface area contributed by atoms with Crippen molar-refractivity contribution in [3.05, 3.63) is 23.8 Å². The summed E-state index contributed by atoms with van der Waals surface area (Å²) in [5.74, 6) is -0.830. The molecule has 1 aromatic carbocycles. The third-order valence-corrected chi connectivity index (χ3v) is 3.24. The van der Waals surface area contributed by atoms with Crippen LogP contribution in [0.3, 0.4) is 0 Å². The van der Waals surface area contributed by atoms with Gasteiger partial charge in [0, 0.05) is 24.8 Å². The Balaban J connectivity index is 2.11. The van der Waals surface area contributed by atoms with Gasteiger partial charge in [0.05, 0.1) is 11.7 Å². The van der Waals surface area contributed by atoms with E-state index in [1.807, 2.05) is 0 Å². The molecule has 1 amide bonds. The third-order valence-electron chi connectivity index (χ3n) is 3.24. The average Bonchev–Trinajstić information content (AvgIpc) is 2.37. The van der Waals surface area contributed by atoms with Gasteiger partial charge in [0.15, 0.2) is 0 Å². The minimum Gasteiger partial charge on any atom is -0.406 e. The maximum atomic E-state index is 12.2. The minimum atomic E-state index is -4.80. The van der Waals surface area contributed by atoms with Crippen molar-refractivity contribution in [1.29, 1.82) is 0 Å². The molecule has 1 aliphatic rings. The fourth-order valence-corrected chi connectivity index (χ4v) is 2.17. The minimum absolute atomic E-state index is 0.0760. The Morgan fingerprint density at radius 1 is 1.33 bits per heavy atom. The summed E-state index contributed by atoms with van der Waals surface area (Å²) >= 11 is 0. The van der Waals surface area contributed by atoms with Crippen LogP contribution in [-0.4, -0.2) is 41.5 Å². The smallest absolute Gasteiger partial charge is 0.406 e. The van der Waals surface area contributed by atoms with Crippen LogP contribution in [0, 0.1) is 0 Å². The second kappa shape index (κ2) is 5.80. The Bertz CT molecular complexity index is 526. The number of ether oxygens (including phenoxy) is 1. The van der Waals surface area contributed by atoms with E-state index in [1.165, 1.54) is 11.0 Å². The summed E-state index contributed by atoms with van der Waals surface area (Å²) in [5, 5.41) is 9.39. The van der Waals surface area contributed by atoms with Gasteiger partial charge in [0.25, 0.3) is 5.91 Å². The molecule has 21 heavy (non-hydrogen) atoms. The SMILES string of the molecule is Nc1cc(OC(F)(F)F)ccc1C(=O)N1CCC(O)CC1. The van der Waals surface area contributed by atoms with Gasteiger partial charge in [-0.2, -0.15) is 0 Å². The number of halogens is 3. The van der Waals surface area contributed by atoms with Crippen molar-refractivity contribution in [2.45, 2.75) is 25.3 Å². The zero-order valence-corrected chi connectivity index (χ0v) is 11.1. The lowest BCUT2D eigenvalue weighted by Gasteiger charge is -2.30. The van der Waals surface area contributed by atoms with E-state index in [4.69, 9.17) is 5.73 Å². The number of carbonyl (C=O) groups excluding carboxylic acids is 1. The quantitative estimate of drug-likeness (QED) is 0.816. The molecule has 8 heteroatoms. The molecule has 0 unspecified atom stereocenters. The van der Waals surface area contributed by atoms with E-state index in [9.17, 15) is 23.1 Å². The maximum absolute atomic E-state index is 12.2. The summed E-state index contributed by atoms with van der Waals surface area (Å²) in [5.41, 5.74) is 5.68. The van der Waals surface area contributed by atoms with E-state index >= 15 is 0 Å². The Kier molecular flexibility index (Phi) is 4.26. The molecule has 1 aromatic rings. The van der Waals surface area contributed by atoms with E-state index in [-0.39, 0.29) is 17.2 Å². The summed E-state index contributed by atoms with van der Waals surface area (Å²) in [6.07, 6.45) is -4.28. The van der Waals surface area contributed by atoms with Crippen molar-refractivity contribution < 1.29 is 27.8 Å². The van der Waals surface area contributed by atoms with Gasteiger partial charge < -0.3 is 20.5 Å². The number of aliphatic hydroxyl groups excluding tert-OH is 1. The van der Waals surface area contributed by atoms with Crippen molar-refractivity contribution in [3.8, 4) is 5.75 Å². The molecule has 5 nitrogen and oxygen atoms in total. The van der Waals surface area contributed by atoms with Crippen molar-refractivity contribution >= 4 is 11.6 Å². The summed E-state index contributed by atoms with van der Waals surface area (Å²) in [6.45, 7) is 0.778. The second-order valence-corrected chi connectivity index (χ2v) is 4.82. The van der Waals surface area contributed by atoms with Crippen LogP contribution < -0.4 is 10.5 Å². The summed E-state index contributed by atoms with van der Waals surface area (Å²) in [6, 6.07) is 3.24. The van der Waals surface area contributed by atoms with E-state index < -0.39 is 18.2 Å². The highest BCUT2D eigenvalue weighted by Crippen LogP contribution is 2.27. The van der Waals surface area contributed by atoms with Gasteiger partial charge in [-0.1, -0.05) is 0 Å². The van der Waals surface area contributed by atoms with Crippen LogP contribution in [0.15, 0.2) is 18.2 Å². The molecule has 0 saturated carbocycles. The molecular weight excluding hydrogens is 289 g/mol. The van der Waals surface area contributed by atoms with Gasteiger partial charge in [-0.15, -0.1) is 13.2 Å². The topological polar surface area (TPSA) is 75.8 Å². The van der Waals surface area contributed by atoms with Crippen molar-refractivity contribution in [1.82, 2.24) is 4.90 Å². The van der Waals surface area contributed by atoms with Crippen molar-refractivity contribution in [2.24, 2.45) is 0 Å². The number of rotatable bonds is 2. The second-order valence-electron chi connectivity index (χ2n) is 4.82. The number of nitrogen functional groups attached to an aromatic ring is 1. The zero-order chi connectivity index (χ0) is 15.6. The van der Waals surface area contributed by atoms with Gasteiger partial charge in [0.2, 0.25) is 0 Å². The van der Waals surface area contributed by atoms with Crippen LogP contribution >= 0.6 is 0 Å². The van der Waals surface area contributed by atoms with Crippen molar-refractivity contribution in [2.75, 3.05) is 18.8 Å². The predicted molar refractivity (Wildman–Crippen MR) is 68.7 cm³/mol. The highest BCUT2D eigenvalue weighted by atomic mass is 19.4. The first-order valence-corrected chi connectivity index (χ1v) is 6.39. The summed E-state index contributed by atoms with van der Waals surface area (Å²) in [4.78, 5) is 13.7. The van der Waals surface area contributed by atoms with Crippen molar-refractivity contribution in [3.63, 3.8) is 0 Å². The Morgan fingerprint density at radius 2 is 1.95 bits per heavy atom. The van der Waals surface area contributed by atoms with Crippen LogP contribution in [-0.2, 0) is 0 Å². The number of piperidine rings is 1. The van der Waals surface area contributed by atoms with Crippen LogP contribution in [0.25, 0.3) is 0 Å². The first-order chi connectivity index (χ1) is 9.76. The fourth-order valence-electron chi connectivity index (χ4n) is 2.17. The van der Waals surface area contributed by atoms with E-state index in [0.717, 1.165) is 12.1 Å². The van der Waals surface area contributed by atoms with Gasteiger partial charge in [-0.25, -0.2) is 0 Å². The monoisotopic (exact) mass is 304 g/mol. The summed E-state index contributed by atoms with van der Waals surface area (Å²) in [7, 11) is 0. The van der Waals surface area contributed by atoms with Gasteiger partial charge in [0.1, 0.15) is 5.75 Å². The number of amides is 1. The first-order valence-electron chi connectivity index (χ1n) is 6.39. The number of aliphatic hydroxyl groups is 1. The standard InChI is InChI=1S/C13H15F3N2O3/c14-13(15,16)21-9-1-2-10(11(17)7-9)12(20)18-5-3-8(19)4-6-18/h1-2,7-8,19H,3-6,17H2. The highest BCUT2D eigenvalue weighted by molar-refractivity contribution is 5.99. The number of likely N-dealkylation sites (tertiary alicyclic amines) is 1. The van der Waals surface area contributed by atoms with E-state index in [2.05, 4.69) is 4.74 Å². The van der Waals surface area contributed by atoms with Crippen LogP contribution in [0.4, 0.5) is 18.9 Å². The molecule has 0 radical (unpaired) electrons. The molecule has 0 atom stereocenters. The number of anilines is 1. The Labute approximate surface area is 119 Å². The van der Waals surface area contributed by atoms with Crippen LogP contribution in [0.1, 0.15) is 23.2 Å². The number of hydrogen-bond donors (Lipinski definition) is 2. The largest absolute Gasteiger partial charge is 0.573 e. The van der Waals surface area contributed by atoms with Gasteiger partial charge in [-0.3, -0.25) is 4.79 Å². The molecule has 0 spiro atoms. The number of nitrogens with zero attached hydrogens (tertiary/aromatic N) is 1. The lowest BCUT2D eigenvalue weighted by molar-refractivity contribution is -0.274. The normalized spacial score (nSPS) is 16.9. The number of carbonyl (C=O) groups is 1. The van der Waals surface area contributed by atoms with E-state index in [1.54, 1.807) is 0 Å². The molecule has 3 N–H and O–H groups in total. The number of nitrogens with two attached hydrogens (primary N) is 1. The lowest BCUT2D eigenvalue weighted by atomic mass is 10.1. The number of benzene rings is 1. The van der Waals surface area contributed by atoms with Crippen LogP contribution in [0.2, 0.25) is 0 Å². The molecule has 0 bridgehead atoms. The molecule has 116 valence electrons. The average molecular weight is 304 g/mol. The summed E-state index contributed by atoms with van der Waals surface area (Å²) < 4.78 is 40.0. The zero-order valence-electron chi connectivity index (χ0n) is 11.1. The first kappa shape index (κ1) is 15.4. The van der Waals surface area contributed by atoms with Gasteiger partial charge >= 0.3 is 6.36 Å². The maximum Gasteiger partial charge on any atom is 0.573 e. The Hall–Kier alpha value is -1.96. The lowest BCUT2D eigenvalue weighted by Crippen LogP contribution is -2.40. The van der Waals surface area contributed by atoms with Crippen LogP contribution in [0.5, 0.6) is 5.75 Å². The number of alkyl halides is 3. The third kappa shape index (κ3) is 4.01. The molecule has 1 saturated heterocycles. The highest BCUT2D eigenvalue weighted by Gasteiger charge is 2.31. The molecule has 1 heterocycles. The number of hydrogen-bond acceptors (Lipinski definition) is 4.